The second-order valence-electron chi connectivity index (χ2n) is 7.21. The second-order valence-corrected chi connectivity index (χ2v) is 8.03. The lowest BCUT2D eigenvalue weighted by Crippen LogP contribution is -2.47. The molecule has 0 amide bonds. The van der Waals surface area contributed by atoms with Crippen LogP contribution in [0.25, 0.3) is 0 Å². The summed E-state index contributed by atoms with van der Waals surface area (Å²) >= 11 is 1.64. The minimum absolute atomic E-state index is 0.411. The second kappa shape index (κ2) is 6.81. The summed E-state index contributed by atoms with van der Waals surface area (Å²) in [5.74, 6) is 0. The molecule has 2 saturated heterocycles. The van der Waals surface area contributed by atoms with E-state index < -0.39 is 0 Å². The molecule has 1 spiro atoms. The third-order valence-corrected chi connectivity index (χ3v) is 6.19. The van der Waals surface area contributed by atoms with Crippen LogP contribution in [0.4, 0.5) is 5.13 Å². The first-order valence-electron chi connectivity index (χ1n) is 8.41. The predicted molar refractivity (Wildman–Crippen MR) is 90.5 cm³/mol. The molecule has 1 aromatic rings. The molecule has 0 aliphatic carbocycles. The van der Waals surface area contributed by atoms with Crippen molar-refractivity contribution in [2.45, 2.75) is 51.7 Å². The van der Waals surface area contributed by atoms with Gasteiger partial charge in [0.2, 0.25) is 5.13 Å². The Bertz CT molecular complexity index is 447. The van der Waals surface area contributed by atoms with Crippen molar-refractivity contribution >= 4 is 16.5 Å². The molecule has 2 aliphatic heterocycles. The van der Waals surface area contributed by atoms with Gasteiger partial charge < -0.3 is 14.5 Å². The molecule has 3 rings (SSSR count). The maximum atomic E-state index is 6.23. The monoisotopic (exact) mass is 324 g/mol. The molecule has 0 bridgehead atoms. The molecule has 0 unspecified atom stereocenters. The van der Waals surface area contributed by atoms with Gasteiger partial charge in [-0.25, -0.2) is 0 Å². The van der Waals surface area contributed by atoms with Gasteiger partial charge in [-0.2, -0.15) is 0 Å². The fourth-order valence-electron chi connectivity index (χ4n) is 3.47. The Morgan fingerprint density at radius 2 is 2.18 bits per heavy atom. The molecule has 3 heterocycles. The molecule has 0 saturated carbocycles. The van der Waals surface area contributed by atoms with Crippen LogP contribution in [0.5, 0.6) is 0 Å². The van der Waals surface area contributed by atoms with Crippen molar-refractivity contribution in [3.8, 4) is 0 Å². The van der Waals surface area contributed by atoms with Crippen molar-refractivity contribution in [2.75, 3.05) is 38.2 Å². The Morgan fingerprint density at radius 3 is 2.73 bits per heavy atom. The van der Waals surface area contributed by atoms with Gasteiger partial charge in [-0.1, -0.05) is 11.3 Å². The zero-order valence-corrected chi connectivity index (χ0v) is 14.8. The Labute approximate surface area is 137 Å². The molecule has 22 heavy (non-hydrogen) atoms. The maximum Gasteiger partial charge on any atom is 0.208 e. The van der Waals surface area contributed by atoms with Crippen LogP contribution < -0.4 is 4.90 Å². The highest BCUT2D eigenvalue weighted by molar-refractivity contribution is 7.13. The Kier molecular flexibility index (Phi) is 5.00. The number of nitrogens with zero attached hydrogens (tertiary/aromatic N) is 4. The summed E-state index contributed by atoms with van der Waals surface area (Å²) in [6.07, 6.45) is 5.38. The molecule has 5 nitrogen and oxygen atoms in total. The standard InChI is InChI=1S/C16H28N4OS/c1-13(2)19(3)10-14-4-5-16(11-21-14)6-8-20(9-7-16)15-18-17-12-22-15/h12-14H,4-11H2,1-3H3/t14-/m1/s1. The fourth-order valence-corrected chi connectivity index (χ4v) is 4.08. The molecule has 0 aromatic carbocycles. The smallest absolute Gasteiger partial charge is 0.208 e. The third-order valence-electron chi connectivity index (χ3n) is 5.44. The minimum atomic E-state index is 0.411. The highest BCUT2D eigenvalue weighted by Crippen LogP contribution is 2.41. The molecule has 124 valence electrons. The summed E-state index contributed by atoms with van der Waals surface area (Å²) in [5.41, 5.74) is 2.23. The van der Waals surface area contributed by atoms with Gasteiger partial charge in [0.25, 0.3) is 0 Å². The molecular weight excluding hydrogens is 296 g/mol. The third kappa shape index (κ3) is 3.60. The highest BCUT2D eigenvalue weighted by Gasteiger charge is 2.39. The van der Waals surface area contributed by atoms with Crippen LogP contribution in [0.15, 0.2) is 5.51 Å². The fraction of sp³-hybridized carbons (Fsp3) is 0.875. The molecule has 0 N–H and O–H groups in total. The van der Waals surface area contributed by atoms with E-state index in [4.69, 9.17) is 4.74 Å². The van der Waals surface area contributed by atoms with Crippen LogP contribution >= 0.6 is 11.3 Å². The van der Waals surface area contributed by atoms with Gasteiger partial charge in [0.15, 0.2) is 0 Å². The summed E-state index contributed by atoms with van der Waals surface area (Å²) in [6.45, 7) is 8.67. The van der Waals surface area contributed by atoms with E-state index in [1.165, 1.54) is 25.7 Å². The quantitative estimate of drug-likeness (QED) is 0.852. The summed E-state index contributed by atoms with van der Waals surface area (Å²) < 4.78 is 6.23. The normalized spacial score (nSPS) is 25.3. The Hall–Kier alpha value is -0.720. The number of piperidine rings is 1. The Morgan fingerprint density at radius 1 is 1.41 bits per heavy atom. The van der Waals surface area contributed by atoms with E-state index in [1.54, 1.807) is 11.3 Å². The van der Waals surface area contributed by atoms with Crippen molar-refractivity contribution in [3.63, 3.8) is 0 Å². The minimum Gasteiger partial charge on any atom is -0.376 e. The highest BCUT2D eigenvalue weighted by atomic mass is 32.1. The zero-order valence-electron chi connectivity index (χ0n) is 14.0. The van der Waals surface area contributed by atoms with Crippen LogP contribution in [0.2, 0.25) is 0 Å². The molecule has 2 fully saturated rings. The van der Waals surface area contributed by atoms with Crippen molar-refractivity contribution in [1.82, 2.24) is 15.1 Å². The molecule has 0 radical (unpaired) electrons. The number of rotatable bonds is 4. The van der Waals surface area contributed by atoms with Crippen LogP contribution in [0.3, 0.4) is 0 Å². The number of aromatic nitrogens is 2. The lowest BCUT2D eigenvalue weighted by atomic mass is 9.73. The number of hydrogen-bond donors (Lipinski definition) is 0. The first-order chi connectivity index (χ1) is 10.6. The molecule has 1 atom stereocenters. The summed E-state index contributed by atoms with van der Waals surface area (Å²) in [5, 5.41) is 9.22. The van der Waals surface area contributed by atoms with Gasteiger partial charge >= 0.3 is 0 Å². The topological polar surface area (TPSA) is 41.5 Å². The van der Waals surface area contributed by atoms with E-state index in [2.05, 4.69) is 40.9 Å². The van der Waals surface area contributed by atoms with E-state index in [1.807, 2.05) is 5.51 Å². The van der Waals surface area contributed by atoms with Gasteiger partial charge in [-0.15, -0.1) is 10.2 Å². The number of ether oxygens (including phenoxy) is 1. The molecule has 6 heteroatoms. The summed E-state index contributed by atoms with van der Waals surface area (Å²) in [6, 6.07) is 0.592. The van der Waals surface area contributed by atoms with Crippen LogP contribution in [0, 0.1) is 5.41 Å². The van der Waals surface area contributed by atoms with Gasteiger partial charge in [0.1, 0.15) is 5.51 Å². The van der Waals surface area contributed by atoms with E-state index in [0.717, 1.165) is 31.4 Å². The number of likely N-dealkylation sites (N-methyl/N-ethyl adjacent to an activating group) is 1. The van der Waals surface area contributed by atoms with Crippen LogP contribution in [-0.2, 0) is 4.74 Å². The lowest BCUT2D eigenvalue weighted by molar-refractivity contribution is -0.0821. The average molecular weight is 324 g/mol. The van der Waals surface area contributed by atoms with E-state index >= 15 is 0 Å². The Balaban J connectivity index is 1.47. The molecular formula is C16H28N4OS. The predicted octanol–water partition coefficient (Wildman–Crippen LogP) is 2.64. The number of hydrogen-bond acceptors (Lipinski definition) is 6. The van der Waals surface area contributed by atoms with Gasteiger partial charge in [-0.05, 0) is 52.0 Å². The van der Waals surface area contributed by atoms with Crippen molar-refractivity contribution < 1.29 is 4.74 Å². The number of anilines is 1. The molecule has 1 aromatic heterocycles. The van der Waals surface area contributed by atoms with Crippen LogP contribution in [-0.4, -0.2) is 60.5 Å². The summed E-state index contributed by atoms with van der Waals surface area (Å²) in [4.78, 5) is 4.77. The van der Waals surface area contributed by atoms with E-state index in [-0.39, 0.29) is 0 Å². The van der Waals surface area contributed by atoms with Crippen LogP contribution in [0.1, 0.15) is 39.5 Å². The van der Waals surface area contributed by atoms with Crippen molar-refractivity contribution in [3.05, 3.63) is 5.51 Å². The average Bonchev–Trinajstić information content (AvgIpc) is 3.05. The van der Waals surface area contributed by atoms with Gasteiger partial charge in [0.05, 0.1) is 12.7 Å². The largest absolute Gasteiger partial charge is 0.376 e. The van der Waals surface area contributed by atoms with Crippen molar-refractivity contribution in [2.24, 2.45) is 5.41 Å². The van der Waals surface area contributed by atoms with E-state index in [9.17, 15) is 0 Å². The van der Waals surface area contributed by atoms with Crippen molar-refractivity contribution in [1.29, 1.82) is 0 Å². The van der Waals surface area contributed by atoms with E-state index in [0.29, 0.717) is 17.6 Å². The van der Waals surface area contributed by atoms with Gasteiger partial charge in [0, 0.05) is 25.7 Å². The zero-order chi connectivity index (χ0) is 15.6. The SMILES string of the molecule is CC(C)N(C)C[C@H]1CCC2(CCN(c3nncs3)CC2)CO1. The first-order valence-corrected chi connectivity index (χ1v) is 9.29. The first kappa shape index (κ1) is 16.1. The lowest BCUT2D eigenvalue weighted by Gasteiger charge is -2.46. The maximum absolute atomic E-state index is 6.23. The summed E-state index contributed by atoms with van der Waals surface area (Å²) in [7, 11) is 2.19. The van der Waals surface area contributed by atoms with Gasteiger partial charge in [-0.3, -0.25) is 0 Å². The molecule has 2 aliphatic rings.